The lowest BCUT2D eigenvalue weighted by Gasteiger charge is -2.32. The minimum Gasteiger partial charge on any atom is -0.373 e. The van der Waals surface area contributed by atoms with Gasteiger partial charge in [-0.2, -0.15) is 0 Å². The van der Waals surface area contributed by atoms with Gasteiger partial charge in [0.05, 0.1) is 36.9 Å². The lowest BCUT2D eigenvalue weighted by atomic mass is 10.1. The third kappa shape index (κ3) is 4.52. The molecule has 30 heavy (non-hydrogen) atoms. The van der Waals surface area contributed by atoms with Crippen molar-refractivity contribution in [2.45, 2.75) is 6.10 Å². The summed E-state index contributed by atoms with van der Waals surface area (Å²) in [6.07, 6.45) is 4.10. The molecular weight excluding hydrogens is 387 g/mol. The fraction of sp³-hybridized carbons (Fsp3) is 0.238. The second-order valence-electron chi connectivity index (χ2n) is 6.75. The molecule has 8 nitrogen and oxygen atoms in total. The van der Waals surface area contributed by atoms with Gasteiger partial charge in [-0.15, -0.1) is 0 Å². The standard InChI is InChI=1S/C21H21FN6O2/c1-23-20-10-14(6-7-24-20)21(29)28-8-9-30-18(13-28)17-4-3-16(12-25-17)27-19-5-2-15(22)11-26-19/h2-7,10-12,18H,8-9,13H2,1H3,(H,23,24)(H,26,27)/t18-/m1/s1. The molecule has 0 radical (unpaired) electrons. The summed E-state index contributed by atoms with van der Waals surface area (Å²) in [4.78, 5) is 27.2. The predicted molar refractivity (Wildman–Crippen MR) is 110 cm³/mol. The molecule has 0 saturated carbocycles. The number of anilines is 3. The molecule has 0 aromatic carbocycles. The van der Waals surface area contributed by atoms with Crippen molar-refractivity contribution in [3.8, 4) is 0 Å². The highest BCUT2D eigenvalue weighted by Crippen LogP contribution is 2.24. The first kappa shape index (κ1) is 19.7. The topological polar surface area (TPSA) is 92.3 Å². The highest BCUT2D eigenvalue weighted by Gasteiger charge is 2.27. The van der Waals surface area contributed by atoms with Gasteiger partial charge in [-0.3, -0.25) is 9.78 Å². The van der Waals surface area contributed by atoms with Gasteiger partial charge in [-0.1, -0.05) is 0 Å². The number of ether oxygens (including phenoxy) is 1. The second kappa shape index (κ2) is 8.83. The Labute approximate surface area is 173 Å². The molecule has 1 fully saturated rings. The smallest absolute Gasteiger partial charge is 0.254 e. The van der Waals surface area contributed by atoms with Gasteiger partial charge < -0.3 is 20.3 Å². The molecule has 0 bridgehead atoms. The number of pyridine rings is 3. The molecule has 0 unspecified atom stereocenters. The number of hydrogen-bond acceptors (Lipinski definition) is 7. The fourth-order valence-electron chi connectivity index (χ4n) is 3.16. The van der Waals surface area contributed by atoms with E-state index in [9.17, 15) is 9.18 Å². The summed E-state index contributed by atoms with van der Waals surface area (Å²) in [5.74, 6) is 0.709. The Morgan fingerprint density at radius 1 is 1.13 bits per heavy atom. The minimum atomic E-state index is -0.392. The fourth-order valence-corrected chi connectivity index (χ4v) is 3.16. The first-order valence-electron chi connectivity index (χ1n) is 9.51. The molecule has 0 aliphatic carbocycles. The van der Waals surface area contributed by atoms with Gasteiger partial charge in [0.15, 0.2) is 0 Å². The van der Waals surface area contributed by atoms with Crippen LogP contribution < -0.4 is 10.6 Å². The number of amides is 1. The maximum atomic E-state index is 13.0. The van der Waals surface area contributed by atoms with Gasteiger partial charge in [-0.25, -0.2) is 14.4 Å². The van der Waals surface area contributed by atoms with Crippen molar-refractivity contribution in [1.82, 2.24) is 19.9 Å². The lowest BCUT2D eigenvalue weighted by Crippen LogP contribution is -2.42. The predicted octanol–water partition coefficient (Wildman–Crippen LogP) is 3.01. The second-order valence-corrected chi connectivity index (χ2v) is 6.75. The Hall–Kier alpha value is -3.59. The number of rotatable bonds is 5. The van der Waals surface area contributed by atoms with Crippen molar-refractivity contribution in [2.24, 2.45) is 0 Å². The van der Waals surface area contributed by atoms with Crippen LogP contribution in [-0.4, -0.2) is 52.5 Å². The van der Waals surface area contributed by atoms with Crippen LogP contribution in [-0.2, 0) is 4.74 Å². The minimum absolute atomic E-state index is 0.0668. The molecule has 4 rings (SSSR count). The molecule has 3 aromatic rings. The van der Waals surface area contributed by atoms with Crippen molar-refractivity contribution < 1.29 is 13.9 Å². The number of aromatic nitrogens is 3. The van der Waals surface area contributed by atoms with Crippen LogP contribution in [0.15, 0.2) is 55.0 Å². The van der Waals surface area contributed by atoms with Crippen LogP contribution in [0.1, 0.15) is 22.2 Å². The molecule has 0 spiro atoms. The molecule has 9 heteroatoms. The normalized spacial score (nSPS) is 16.2. The largest absolute Gasteiger partial charge is 0.373 e. The van der Waals surface area contributed by atoms with E-state index >= 15 is 0 Å². The quantitative estimate of drug-likeness (QED) is 0.670. The maximum absolute atomic E-state index is 13.0. The Morgan fingerprint density at radius 3 is 2.77 bits per heavy atom. The molecule has 2 N–H and O–H groups in total. The Balaban J connectivity index is 1.42. The van der Waals surface area contributed by atoms with E-state index in [1.165, 1.54) is 6.07 Å². The molecule has 1 saturated heterocycles. The van der Waals surface area contributed by atoms with Crippen LogP contribution in [0.4, 0.5) is 21.7 Å². The third-order valence-electron chi connectivity index (χ3n) is 4.73. The van der Waals surface area contributed by atoms with E-state index in [2.05, 4.69) is 25.6 Å². The van der Waals surface area contributed by atoms with Crippen molar-refractivity contribution >= 4 is 23.2 Å². The summed E-state index contributed by atoms with van der Waals surface area (Å²) < 4.78 is 18.8. The number of hydrogen-bond donors (Lipinski definition) is 2. The number of halogens is 1. The lowest BCUT2D eigenvalue weighted by molar-refractivity contribution is -0.0247. The maximum Gasteiger partial charge on any atom is 0.254 e. The van der Waals surface area contributed by atoms with Gasteiger partial charge in [0.1, 0.15) is 23.6 Å². The van der Waals surface area contributed by atoms with Gasteiger partial charge >= 0.3 is 0 Å². The van der Waals surface area contributed by atoms with Crippen LogP contribution in [0.25, 0.3) is 0 Å². The SMILES string of the molecule is CNc1cc(C(=O)N2CCO[C@@H](c3ccc(Nc4ccc(F)cn4)cn3)C2)ccn1. The van der Waals surface area contributed by atoms with Crippen LogP contribution in [0.5, 0.6) is 0 Å². The number of nitrogens with zero attached hydrogens (tertiary/aromatic N) is 4. The first-order chi connectivity index (χ1) is 14.6. The van der Waals surface area contributed by atoms with Crippen molar-refractivity contribution in [2.75, 3.05) is 37.4 Å². The van der Waals surface area contributed by atoms with E-state index in [0.717, 1.165) is 17.6 Å². The van der Waals surface area contributed by atoms with Gasteiger partial charge in [0, 0.05) is 25.4 Å². The Kier molecular flexibility index (Phi) is 5.80. The number of carbonyl (C=O) groups is 1. The van der Waals surface area contributed by atoms with Crippen LogP contribution in [0, 0.1) is 5.82 Å². The Bertz CT molecular complexity index is 1010. The summed E-state index contributed by atoms with van der Waals surface area (Å²) >= 11 is 0. The number of morpholine rings is 1. The van der Waals surface area contributed by atoms with Gasteiger partial charge in [0.25, 0.3) is 5.91 Å². The first-order valence-corrected chi connectivity index (χ1v) is 9.51. The van der Waals surface area contributed by atoms with Crippen molar-refractivity contribution in [1.29, 1.82) is 0 Å². The van der Waals surface area contributed by atoms with Crippen molar-refractivity contribution in [3.63, 3.8) is 0 Å². The van der Waals surface area contributed by atoms with Crippen LogP contribution in [0.3, 0.4) is 0 Å². The summed E-state index contributed by atoms with van der Waals surface area (Å²) in [5, 5.41) is 6.00. The van der Waals surface area contributed by atoms with E-state index < -0.39 is 5.82 Å². The molecule has 3 aromatic heterocycles. The zero-order valence-corrected chi connectivity index (χ0v) is 16.4. The molecule has 4 heterocycles. The van der Waals surface area contributed by atoms with Crippen LogP contribution >= 0.6 is 0 Å². The molecule has 1 atom stereocenters. The number of carbonyl (C=O) groups excluding carboxylic acids is 1. The highest BCUT2D eigenvalue weighted by atomic mass is 19.1. The summed E-state index contributed by atoms with van der Waals surface area (Å²) in [6, 6.07) is 10.0. The van der Waals surface area contributed by atoms with Gasteiger partial charge in [0.2, 0.25) is 0 Å². The van der Waals surface area contributed by atoms with E-state index in [1.807, 2.05) is 12.1 Å². The van der Waals surface area contributed by atoms with E-state index in [-0.39, 0.29) is 12.0 Å². The Morgan fingerprint density at radius 2 is 2.03 bits per heavy atom. The zero-order valence-electron chi connectivity index (χ0n) is 16.4. The molecule has 1 aliphatic rings. The third-order valence-corrected chi connectivity index (χ3v) is 4.73. The average molecular weight is 408 g/mol. The van der Waals surface area contributed by atoms with E-state index in [4.69, 9.17) is 4.74 Å². The zero-order chi connectivity index (χ0) is 20.9. The van der Waals surface area contributed by atoms with Crippen LogP contribution in [0.2, 0.25) is 0 Å². The molecule has 154 valence electrons. The number of nitrogens with one attached hydrogen (secondary N) is 2. The molecule has 1 aliphatic heterocycles. The summed E-state index contributed by atoms with van der Waals surface area (Å²) in [7, 11) is 1.76. The highest BCUT2D eigenvalue weighted by molar-refractivity contribution is 5.94. The van der Waals surface area contributed by atoms with Gasteiger partial charge in [-0.05, 0) is 36.4 Å². The molecular formula is C21H21FN6O2. The summed E-state index contributed by atoms with van der Waals surface area (Å²) in [5.41, 5.74) is 2.03. The van der Waals surface area contributed by atoms with E-state index in [0.29, 0.717) is 36.9 Å². The summed E-state index contributed by atoms with van der Waals surface area (Å²) in [6.45, 7) is 1.36. The molecule has 1 amide bonds. The van der Waals surface area contributed by atoms with E-state index in [1.54, 1.807) is 42.5 Å². The average Bonchev–Trinajstić information content (AvgIpc) is 2.81. The van der Waals surface area contributed by atoms with Crippen molar-refractivity contribution in [3.05, 3.63) is 72.1 Å². The monoisotopic (exact) mass is 408 g/mol.